The van der Waals surface area contributed by atoms with E-state index in [9.17, 15) is 9.59 Å². The highest BCUT2D eigenvalue weighted by atomic mass is 16.6. The second-order valence-corrected chi connectivity index (χ2v) is 7.26. The summed E-state index contributed by atoms with van der Waals surface area (Å²) in [4.78, 5) is 32.2. The molecule has 0 fully saturated rings. The van der Waals surface area contributed by atoms with Crippen LogP contribution in [-0.4, -0.2) is 48.3 Å². The van der Waals surface area contributed by atoms with Gasteiger partial charge in [-0.05, 0) is 11.6 Å². The number of nitrogens with two attached hydrogens (primary N) is 1. The summed E-state index contributed by atoms with van der Waals surface area (Å²) in [6.07, 6.45) is 0.120. The topological polar surface area (TPSA) is 136 Å². The van der Waals surface area contributed by atoms with Crippen LogP contribution in [0.5, 0.6) is 5.75 Å². The average Bonchev–Trinajstić information content (AvgIpc) is 3.25. The number of para-hydroxylation sites is 1. The number of oxime groups is 1. The summed E-state index contributed by atoms with van der Waals surface area (Å²) in [5.74, 6) is -0.0317. The summed E-state index contributed by atoms with van der Waals surface area (Å²) in [6, 6.07) is 15.2. The molecular weight excluding hydrogens is 412 g/mol. The normalized spacial score (nSPS) is 15.6. The number of nitrogens with one attached hydrogen (secondary N) is 1. The van der Waals surface area contributed by atoms with E-state index in [4.69, 9.17) is 20.4 Å². The van der Waals surface area contributed by atoms with E-state index >= 15 is 0 Å². The van der Waals surface area contributed by atoms with Crippen molar-refractivity contribution in [1.82, 2.24) is 5.32 Å². The Labute approximate surface area is 185 Å². The molecule has 3 rings (SSSR count). The van der Waals surface area contributed by atoms with Gasteiger partial charge in [-0.3, -0.25) is 14.6 Å². The van der Waals surface area contributed by atoms with Crippen LogP contribution in [-0.2, 0) is 21.0 Å². The number of carboxylic acids is 1. The second-order valence-electron chi connectivity index (χ2n) is 7.26. The van der Waals surface area contributed by atoms with Crippen LogP contribution in [0.2, 0.25) is 0 Å². The summed E-state index contributed by atoms with van der Waals surface area (Å²) in [7, 11) is 1.62. The van der Waals surface area contributed by atoms with Gasteiger partial charge in [0.1, 0.15) is 17.7 Å². The van der Waals surface area contributed by atoms with Crippen molar-refractivity contribution in [2.24, 2.45) is 15.9 Å². The highest BCUT2D eigenvalue weighted by molar-refractivity contribution is 6.03. The molecule has 1 aliphatic heterocycles. The molecule has 1 heterocycles. The largest absolute Gasteiger partial charge is 0.496 e. The van der Waals surface area contributed by atoms with Gasteiger partial charge in [-0.25, -0.2) is 0 Å². The number of aliphatic imine (C=N–C) groups is 1. The van der Waals surface area contributed by atoms with Gasteiger partial charge < -0.3 is 25.7 Å². The van der Waals surface area contributed by atoms with Gasteiger partial charge in [0.05, 0.1) is 32.2 Å². The molecule has 32 heavy (non-hydrogen) atoms. The lowest BCUT2D eigenvalue weighted by atomic mass is 10.0. The molecule has 1 atom stereocenters. The molecule has 168 valence electrons. The van der Waals surface area contributed by atoms with Crippen molar-refractivity contribution in [2.45, 2.75) is 31.9 Å². The SMILES string of the molecule is COc1ccccc1CN=C(N)c1ccc(C2=NO[C@@H](CC(=O)NCCC(=O)O)C2)cc1. The van der Waals surface area contributed by atoms with Crippen molar-refractivity contribution in [3.8, 4) is 5.75 Å². The van der Waals surface area contributed by atoms with Crippen molar-refractivity contribution >= 4 is 23.4 Å². The smallest absolute Gasteiger partial charge is 0.305 e. The van der Waals surface area contributed by atoms with E-state index in [0.717, 1.165) is 28.2 Å². The van der Waals surface area contributed by atoms with Gasteiger partial charge in [-0.15, -0.1) is 0 Å². The van der Waals surface area contributed by atoms with Crippen molar-refractivity contribution in [1.29, 1.82) is 0 Å². The Morgan fingerprint density at radius 1 is 1.25 bits per heavy atom. The van der Waals surface area contributed by atoms with E-state index in [1.807, 2.05) is 48.5 Å². The lowest BCUT2D eigenvalue weighted by Gasteiger charge is -2.08. The first-order valence-electron chi connectivity index (χ1n) is 10.2. The van der Waals surface area contributed by atoms with Crippen molar-refractivity contribution < 1.29 is 24.3 Å². The van der Waals surface area contributed by atoms with Gasteiger partial charge in [0.25, 0.3) is 0 Å². The van der Waals surface area contributed by atoms with Crippen LogP contribution < -0.4 is 15.8 Å². The minimum Gasteiger partial charge on any atom is -0.496 e. The third kappa shape index (κ3) is 6.31. The zero-order valence-corrected chi connectivity index (χ0v) is 17.8. The summed E-state index contributed by atoms with van der Waals surface area (Å²) < 4.78 is 5.33. The number of benzene rings is 2. The maximum absolute atomic E-state index is 11.9. The summed E-state index contributed by atoms with van der Waals surface area (Å²) >= 11 is 0. The molecule has 0 saturated carbocycles. The van der Waals surface area contributed by atoms with Crippen molar-refractivity contribution in [3.05, 3.63) is 65.2 Å². The minimum absolute atomic E-state index is 0.0933. The van der Waals surface area contributed by atoms with Crippen LogP contribution in [0, 0.1) is 0 Å². The molecule has 0 bridgehead atoms. The number of carbonyl (C=O) groups excluding carboxylic acids is 1. The van der Waals surface area contributed by atoms with E-state index in [2.05, 4.69) is 15.5 Å². The van der Waals surface area contributed by atoms with Gasteiger partial charge in [-0.2, -0.15) is 0 Å². The van der Waals surface area contributed by atoms with Gasteiger partial charge >= 0.3 is 5.97 Å². The lowest BCUT2D eigenvalue weighted by Crippen LogP contribution is -2.29. The van der Waals surface area contributed by atoms with E-state index < -0.39 is 5.97 Å². The molecule has 2 aromatic rings. The Morgan fingerprint density at radius 3 is 2.72 bits per heavy atom. The van der Waals surface area contributed by atoms with Crippen molar-refractivity contribution in [2.75, 3.05) is 13.7 Å². The van der Waals surface area contributed by atoms with E-state index in [1.165, 1.54) is 0 Å². The fourth-order valence-corrected chi connectivity index (χ4v) is 3.22. The van der Waals surface area contributed by atoms with Crippen LogP contribution in [0.1, 0.15) is 36.0 Å². The predicted molar refractivity (Wildman–Crippen MR) is 120 cm³/mol. The van der Waals surface area contributed by atoms with Crippen LogP contribution in [0.3, 0.4) is 0 Å². The molecule has 1 aliphatic rings. The van der Waals surface area contributed by atoms with Gasteiger partial charge in [0.15, 0.2) is 0 Å². The molecular formula is C23H26N4O5. The monoisotopic (exact) mass is 438 g/mol. The molecule has 0 radical (unpaired) electrons. The van der Waals surface area contributed by atoms with Crippen LogP contribution in [0.25, 0.3) is 0 Å². The molecule has 0 aliphatic carbocycles. The molecule has 2 aromatic carbocycles. The number of aliphatic carboxylic acids is 1. The quantitative estimate of drug-likeness (QED) is 0.384. The molecule has 0 aromatic heterocycles. The first kappa shape index (κ1) is 22.8. The summed E-state index contributed by atoms with van der Waals surface area (Å²) in [5.41, 5.74) is 9.50. The van der Waals surface area contributed by atoms with Gasteiger partial charge in [-0.1, -0.05) is 47.6 Å². The third-order valence-electron chi connectivity index (χ3n) is 4.93. The molecule has 1 amide bonds. The number of carbonyl (C=O) groups is 2. The Bertz CT molecular complexity index is 1020. The van der Waals surface area contributed by atoms with E-state index in [0.29, 0.717) is 18.8 Å². The number of hydrogen-bond acceptors (Lipinski definition) is 6. The third-order valence-corrected chi connectivity index (χ3v) is 4.93. The number of hydrogen-bond donors (Lipinski definition) is 3. The zero-order chi connectivity index (χ0) is 22.9. The molecule has 0 unspecified atom stereocenters. The number of carboxylic acid groups (broad SMARTS) is 1. The van der Waals surface area contributed by atoms with Crippen LogP contribution >= 0.6 is 0 Å². The summed E-state index contributed by atoms with van der Waals surface area (Å²) in [6.45, 7) is 0.504. The fraction of sp³-hybridized carbons (Fsp3) is 0.304. The van der Waals surface area contributed by atoms with E-state index in [-0.39, 0.29) is 31.4 Å². The Kier molecular flexibility index (Phi) is 7.80. The number of methoxy groups -OCH3 is 1. The summed E-state index contributed by atoms with van der Waals surface area (Å²) in [5, 5.41) is 15.3. The molecule has 0 spiro atoms. The first-order chi connectivity index (χ1) is 15.5. The fourth-order valence-electron chi connectivity index (χ4n) is 3.22. The van der Waals surface area contributed by atoms with Gasteiger partial charge in [0.2, 0.25) is 5.91 Å². The number of amides is 1. The average molecular weight is 438 g/mol. The molecule has 0 saturated heterocycles. The second kappa shape index (κ2) is 10.9. The van der Waals surface area contributed by atoms with Crippen LogP contribution in [0.15, 0.2) is 58.7 Å². The molecule has 4 N–H and O–H groups in total. The number of ether oxygens (including phenoxy) is 1. The Hall–Kier alpha value is -3.88. The highest BCUT2D eigenvalue weighted by Crippen LogP contribution is 2.20. The highest BCUT2D eigenvalue weighted by Gasteiger charge is 2.24. The standard InChI is InChI=1S/C23H26N4O5/c1-31-20-5-3-2-4-17(20)14-26-23(24)16-8-6-15(7-9-16)19-12-18(32-27-19)13-21(28)25-11-10-22(29)30/h2-9,18H,10-14H2,1H3,(H2,24,26)(H,25,28)(H,29,30)/t18-/m1/s1. The first-order valence-corrected chi connectivity index (χ1v) is 10.2. The number of nitrogens with zero attached hydrogens (tertiary/aromatic N) is 2. The van der Waals surface area contributed by atoms with Crippen molar-refractivity contribution in [3.63, 3.8) is 0 Å². The van der Waals surface area contributed by atoms with E-state index in [1.54, 1.807) is 7.11 Å². The Morgan fingerprint density at radius 2 is 2.00 bits per heavy atom. The number of amidine groups is 1. The maximum Gasteiger partial charge on any atom is 0.305 e. The molecule has 9 heteroatoms. The predicted octanol–water partition coefficient (Wildman–Crippen LogP) is 2.07. The zero-order valence-electron chi connectivity index (χ0n) is 17.8. The van der Waals surface area contributed by atoms with Gasteiger partial charge in [0, 0.05) is 24.1 Å². The Balaban J connectivity index is 1.53. The maximum atomic E-state index is 11.9. The number of rotatable bonds is 10. The van der Waals surface area contributed by atoms with Crippen LogP contribution in [0.4, 0.5) is 0 Å². The minimum atomic E-state index is -0.957. The lowest BCUT2D eigenvalue weighted by molar-refractivity contribution is -0.136. The molecule has 9 nitrogen and oxygen atoms in total.